The molecule has 1 N–H and O–H groups in total. The number of fused-ring (bicyclic) bond motifs is 2. The van der Waals surface area contributed by atoms with E-state index in [1.54, 1.807) is 25.3 Å². The number of nitrogens with one attached hydrogen (secondary N) is 1. The first-order valence-corrected chi connectivity index (χ1v) is 9.98. The molecule has 1 aliphatic rings. The maximum Gasteiger partial charge on any atom is 0.231 e. The summed E-state index contributed by atoms with van der Waals surface area (Å²) in [6, 6.07) is 14.2. The molecule has 0 atom stereocenters. The molecule has 7 nitrogen and oxygen atoms in total. The highest BCUT2D eigenvalue weighted by atomic mass is 19.1. The van der Waals surface area contributed by atoms with Gasteiger partial charge in [0.1, 0.15) is 24.6 Å². The highest BCUT2D eigenvalue weighted by molar-refractivity contribution is 5.93. The summed E-state index contributed by atoms with van der Waals surface area (Å²) < 4.78 is 36.6. The quantitative estimate of drug-likeness (QED) is 0.451. The summed E-state index contributed by atoms with van der Waals surface area (Å²) in [5.74, 6) is 2.58. The van der Waals surface area contributed by atoms with Gasteiger partial charge in [-0.3, -0.25) is 0 Å². The van der Waals surface area contributed by atoms with Crippen LogP contribution in [0.5, 0.6) is 23.0 Å². The normalized spacial score (nSPS) is 12.1. The van der Waals surface area contributed by atoms with Crippen molar-refractivity contribution in [3.05, 3.63) is 71.8 Å². The summed E-state index contributed by atoms with van der Waals surface area (Å²) >= 11 is 0. The van der Waals surface area contributed by atoms with E-state index < -0.39 is 0 Å². The molecule has 0 unspecified atom stereocenters. The van der Waals surface area contributed by atoms with Crippen molar-refractivity contribution in [2.45, 2.75) is 13.5 Å². The monoisotopic (exact) mass is 433 g/mol. The third kappa shape index (κ3) is 3.82. The van der Waals surface area contributed by atoms with Gasteiger partial charge in [-0.25, -0.2) is 14.4 Å². The van der Waals surface area contributed by atoms with Gasteiger partial charge in [-0.2, -0.15) is 0 Å². The van der Waals surface area contributed by atoms with E-state index in [1.807, 2.05) is 31.2 Å². The molecule has 0 spiro atoms. The Morgan fingerprint density at radius 1 is 1.00 bits per heavy atom. The number of ether oxygens (including phenoxy) is 4. The van der Waals surface area contributed by atoms with Crippen molar-refractivity contribution >= 4 is 22.4 Å². The van der Waals surface area contributed by atoms with Crippen LogP contribution >= 0.6 is 0 Å². The third-order valence-corrected chi connectivity index (χ3v) is 5.13. The third-order valence-electron chi connectivity index (χ3n) is 5.13. The minimum Gasteiger partial charge on any atom is -0.493 e. The zero-order valence-electron chi connectivity index (χ0n) is 17.5. The lowest BCUT2D eigenvalue weighted by atomic mass is 10.2. The second-order valence-corrected chi connectivity index (χ2v) is 7.33. The van der Waals surface area contributed by atoms with Crippen LogP contribution in [0.4, 0.5) is 15.9 Å². The summed E-state index contributed by atoms with van der Waals surface area (Å²) in [5, 5.41) is 3.73. The van der Waals surface area contributed by atoms with Gasteiger partial charge in [0.25, 0.3) is 0 Å². The van der Waals surface area contributed by atoms with Crippen LogP contribution in [0.2, 0.25) is 0 Å². The minimum absolute atomic E-state index is 0.223. The van der Waals surface area contributed by atoms with E-state index in [4.69, 9.17) is 18.9 Å². The number of hydrogen-bond donors (Lipinski definition) is 1. The number of anilines is 2. The number of hydrogen-bond acceptors (Lipinski definition) is 7. The Morgan fingerprint density at radius 3 is 2.72 bits per heavy atom. The highest BCUT2D eigenvalue weighted by Gasteiger charge is 2.16. The minimum atomic E-state index is -0.354. The summed E-state index contributed by atoms with van der Waals surface area (Å²) in [4.78, 5) is 8.63. The highest BCUT2D eigenvalue weighted by Crippen LogP contribution is 2.36. The number of methoxy groups -OCH3 is 1. The SMILES string of the molecule is COc1cc2c(Nc3ccc(C)cc3F)ncnc2cc1OCc1ccc2c(c1)OCO2. The molecule has 0 radical (unpaired) electrons. The van der Waals surface area contributed by atoms with Crippen molar-refractivity contribution in [3.63, 3.8) is 0 Å². The summed E-state index contributed by atoms with van der Waals surface area (Å²) in [7, 11) is 1.56. The molecule has 162 valence electrons. The Bertz CT molecular complexity index is 1310. The molecule has 3 aromatic carbocycles. The molecular formula is C24H20FN3O4. The van der Waals surface area contributed by atoms with Crippen molar-refractivity contribution in [2.75, 3.05) is 19.2 Å². The van der Waals surface area contributed by atoms with E-state index in [0.29, 0.717) is 46.3 Å². The molecule has 0 amide bonds. The van der Waals surface area contributed by atoms with Gasteiger partial charge >= 0.3 is 0 Å². The summed E-state index contributed by atoms with van der Waals surface area (Å²) in [6.07, 6.45) is 1.42. The fourth-order valence-electron chi connectivity index (χ4n) is 3.48. The Morgan fingerprint density at radius 2 is 1.88 bits per heavy atom. The molecule has 1 aromatic heterocycles. The Hall–Kier alpha value is -4.07. The molecule has 1 aliphatic heterocycles. The van der Waals surface area contributed by atoms with E-state index in [0.717, 1.165) is 16.9 Å². The van der Waals surface area contributed by atoms with Gasteiger partial charge in [-0.1, -0.05) is 12.1 Å². The van der Waals surface area contributed by atoms with Crippen LogP contribution in [-0.2, 0) is 6.61 Å². The zero-order chi connectivity index (χ0) is 22.1. The van der Waals surface area contributed by atoms with Gasteiger partial charge in [0.05, 0.1) is 18.3 Å². The molecular weight excluding hydrogens is 413 g/mol. The number of benzene rings is 3. The predicted molar refractivity (Wildman–Crippen MR) is 117 cm³/mol. The molecule has 5 rings (SSSR count). The van der Waals surface area contributed by atoms with E-state index in [2.05, 4.69) is 15.3 Å². The fraction of sp³-hybridized carbons (Fsp3) is 0.167. The lowest BCUT2D eigenvalue weighted by Crippen LogP contribution is -2.01. The number of aryl methyl sites for hydroxylation is 1. The van der Waals surface area contributed by atoms with Crippen LogP contribution in [0, 0.1) is 12.7 Å². The smallest absolute Gasteiger partial charge is 0.231 e. The van der Waals surface area contributed by atoms with Gasteiger partial charge in [0.2, 0.25) is 6.79 Å². The number of aromatic nitrogens is 2. The molecule has 32 heavy (non-hydrogen) atoms. The Kier molecular flexibility index (Phi) is 5.10. The van der Waals surface area contributed by atoms with E-state index in [1.165, 1.54) is 12.4 Å². The molecule has 2 heterocycles. The first-order chi connectivity index (χ1) is 15.6. The maximum atomic E-state index is 14.3. The Balaban J connectivity index is 1.43. The van der Waals surface area contributed by atoms with Crippen LogP contribution < -0.4 is 24.3 Å². The maximum absolute atomic E-state index is 14.3. The van der Waals surface area contributed by atoms with Crippen LogP contribution in [0.1, 0.15) is 11.1 Å². The zero-order valence-corrected chi connectivity index (χ0v) is 17.5. The van der Waals surface area contributed by atoms with Crippen LogP contribution in [0.3, 0.4) is 0 Å². The van der Waals surface area contributed by atoms with Crippen LogP contribution in [0.25, 0.3) is 10.9 Å². The van der Waals surface area contributed by atoms with Crippen molar-refractivity contribution in [3.8, 4) is 23.0 Å². The standard InChI is InChI=1S/C24H20FN3O4/c1-14-3-5-18(17(25)7-14)28-24-16-9-21(29-2)23(10-19(16)26-12-27-24)30-11-15-4-6-20-22(8-15)32-13-31-20/h3-10,12H,11,13H2,1-2H3,(H,26,27,28). The van der Waals surface area contributed by atoms with Gasteiger partial charge in [-0.05, 0) is 48.4 Å². The second-order valence-electron chi connectivity index (χ2n) is 7.33. The average Bonchev–Trinajstić information content (AvgIpc) is 3.27. The molecule has 8 heteroatoms. The van der Waals surface area contributed by atoms with Crippen molar-refractivity contribution in [1.29, 1.82) is 0 Å². The summed E-state index contributed by atoms with van der Waals surface area (Å²) in [6.45, 7) is 2.37. The summed E-state index contributed by atoms with van der Waals surface area (Å²) in [5.41, 5.74) is 2.73. The largest absolute Gasteiger partial charge is 0.493 e. The van der Waals surface area contributed by atoms with Crippen molar-refractivity contribution < 1.29 is 23.3 Å². The van der Waals surface area contributed by atoms with Crippen molar-refractivity contribution in [2.24, 2.45) is 0 Å². The molecule has 0 saturated carbocycles. The van der Waals surface area contributed by atoms with Gasteiger partial charge in [-0.15, -0.1) is 0 Å². The fourth-order valence-corrected chi connectivity index (χ4v) is 3.48. The van der Waals surface area contributed by atoms with Crippen LogP contribution in [0.15, 0.2) is 54.9 Å². The molecule has 0 fully saturated rings. The number of halogens is 1. The van der Waals surface area contributed by atoms with Gasteiger partial charge < -0.3 is 24.3 Å². The molecule has 4 aromatic rings. The van der Waals surface area contributed by atoms with Gasteiger partial charge in [0, 0.05) is 11.5 Å². The lowest BCUT2D eigenvalue weighted by molar-refractivity contribution is 0.174. The number of rotatable bonds is 6. The molecule has 0 bridgehead atoms. The number of nitrogens with zero attached hydrogens (tertiary/aromatic N) is 2. The Labute approximate surface area is 183 Å². The van der Waals surface area contributed by atoms with Crippen LogP contribution in [-0.4, -0.2) is 23.9 Å². The van der Waals surface area contributed by atoms with E-state index in [9.17, 15) is 4.39 Å². The van der Waals surface area contributed by atoms with Gasteiger partial charge in [0.15, 0.2) is 23.0 Å². The first kappa shape index (κ1) is 19.9. The topological polar surface area (TPSA) is 74.7 Å². The van der Waals surface area contributed by atoms with Crippen molar-refractivity contribution in [1.82, 2.24) is 9.97 Å². The predicted octanol–water partition coefficient (Wildman–Crippen LogP) is 5.14. The molecule has 0 saturated heterocycles. The lowest BCUT2D eigenvalue weighted by Gasteiger charge is -2.14. The van der Waals surface area contributed by atoms with E-state index in [-0.39, 0.29) is 12.6 Å². The van der Waals surface area contributed by atoms with E-state index >= 15 is 0 Å². The molecule has 0 aliphatic carbocycles. The first-order valence-electron chi connectivity index (χ1n) is 9.98. The second kappa shape index (κ2) is 8.22. The average molecular weight is 433 g/mol.